The Labute approximate surface area is 157 Å². The topological polar surface area (TPSA) is 114 Å². The number of aromatic nitrogens is 2. The van der Waals surface area contributed by atoms with Gasteiger partial charge in [0.1, 0.15) is 5.54 Å². The molecule has 142 valence electrons. The summed E-state index contributed by atoms with van der Waals surface area (Å²) in [7, 11) is -3.78. The van der Waals surface area contributed by atoms with Crippen LogP contribution in [0.5, 0.6) is 0 Å². The maximum Gasteiger partial charge on any atom is 0.252 e. The zero-order valence-corrected chi connectivity index (χ0v) is 15.7. The zero-order chi connectivity index (χ0) is 19.5. The van der Waals surface area contributed by atoms with E-state index in [0.717, 1.165) is 12.8 Å². The fraction of sp³-hybridized carbons (Fsp3) is 0.389. The highest BCUT2D eigenvalue weighted by Crippen LogP contribution is 2.37. The van der Waals surface area contributed by atoms with E-state index in [4.69, 9.17) is 10.9 Å². The van der Waals surface area contributed by atoms with E-state index in [2.05, 4.69) is 26.1 Å². The van der Waals surface area contributed by atoms with Crippen LogP contribution in [0.2, 0.25) is 0 Å². The van der Waals surface area contributed by atoms with Crippen LogP contribution < -0.4 is 10.0 Å². The van der Waals surface area contributed by atoms with E-state index >= 15 is 0 Å². The minimum Gasteiger partial charge on any atom is -0.340 e. The van der Waals surface area contributed by atoms with Crippen LogP contribution in [0.1, 0.15) is 47.8 Å². The molecule has 0 bridgehead atoms. The summed E-state index contributed by atoms with van der Waals surface area (Å²) >= 11 is 0. The molecule has 1 aromatic carbocycles. The molecule has 8 nitrogen and oxygen atoms in total. The summed E-state index contributed by atoms with van der Waals surface area (Å²) in [6, 6.07) is 5.79. The van der Waals surface area contributed by atoms with Gasteiger partial charge in [0.25, 0.3) is 5.91 Å². The number of hydrogen-bond acceptors (Lipinski definition) is 6. The lowest BCUT2D eigenvalue weighted by Gasteiger charge is -2.26. The number of nitrogens with one attached hydrogen (secondary N) is 2. The monoisotopic (exact) mass is 388 g/mol. The number of aryl methyl sites for hydroxylation is 1. The second-order valence-corrected chi connectivity index (χ2v) is 8.20. The van der Waals surface area contributed by atoms with Crippen molar-refractivity contribution in [3.8, 4) is 12.3 Å². The van der Waals surface area contributed by atoms with Gasteiger partial charge in [-0.25, -0.2) is 8.42 Å². The fourth-order valence-electron chi connectivity index (χ4n) is 3.19. The van der Waals surface area contributed by atoms with Crippen LogP contribution in [-0.2, 0) is 15.6 Å². The van der Waals surface area contributed by atoms with Gasteiger partial charge in [0.15, 0.2) is 5.82 Å². The van der Waals surface area contributed by atoms with E-state index in [1.165, 1.54) is 18.2 Å². The van der Waals surface area contributed by atoms with Crippen LogP contribution in [0.15, 0.2) is 33.7 Å². The second kappa shape index (κ2) is 7.50. The van der Waals surface area contributed by atoms with Gasteiger partial charge in [-0.05, 0) is 31.0 Å². The largest absolute Gasteiger partial charge is 0.340 e. The number of carbonyl (C=O) groups excluding carboxylic acids is 1. The van der Waals surface area contributed by atoms with E-state index in [-0.39, 0.29) is 17.0 Å². The van der Waals surface area contributed by atoms with Gasteiger partial charge in [0.2, 0.25) is 15.9 Å². The average molecular weight is 388 g/mol. The Balaban J connectivity index is 1.86. The van der Waals surface area contributed by atoms with Gasteiger partial charge in [-0.15, -0.1) is 6.42 Å². The van der Waals surface area contributed by atoms with Crippen LogP contribution in [-0.4, -0.2) is 31.0 Å². The number of nitrogens with zero attached hydrogens (tertiary/aromatic N) is 2. The van der Waals surface area contributed by atoms with Crippen molar-refractivity contribution in [2.45, 2.75) is 43.0 Å². The molecular formula is C18H20N4O4S. The van der Waals surface area contributed by atoms with Crippen LogP contribution in [0.3, 0.4) is 0 Å². The Morgan fingerprint density at radius 1 is 1.37 bits per heavy atom. The van der Waals surface area contributed by atoms with Crippen molar-refractivity contribution in [2.75, 3.05) is 6.54 Å². The third kappa shape index (κ3) is 4.02. The molecule has 0 saturated heterocycles. The minimum absolute atomic E-state index is 0.0266. The maximum atomic E-state index is 12.8. The number of rotatable bonds is 6. The van der Waals surface area contributed by atoms with Crippen molar-refractivity contribution in [3.63, 3.8) is 0 Å². The number of benzene rings is 1. The first-order valence-corrected chi connectivity index (χ1v) is 10.0. The van der Waals surface area contributed by atoms with Crippen molar-refractivity contribution >= 4 is 15.9 Å². The van der Waals surface area contributed by atoms with E-state index in [0.29, 0.717) is 24.6 Å². The highest BCUT2D eigenvalue weighted by molar-refractivity contribution is 7.89. The molecule has 0 atom stereocenters. The molecule has 3 rings (SSSR count). The molecule has 0 spiro atoms. The molecule has 0 aliphatic heterocycles. The normalized spacial score (nSPS) is 16.0. The van der Waals surface area contributed by atoms with Gasteiger partial charge in [0.05, 0.1) is 11.4 Å². The molecule has 1 heterocycles. The SMILES string of the molecule is C#CCNS(=O)(=O)c1cccc(C(=O)NC2(c3noc(C)n3)CCCC2)c1. The van der Waals surface area contributed by atoms with Crippen molar-refractivity contribution in [3.05, 3.63) is 41.5 Å². The summed E-state index contributed by atoms with van der Waals surface area (Å²) in [5, 5.41) is 6.97. The average Bonchev–Trinajstić information content (AvgIpc) is 3.30. The smallest absolute Gasteiger partial charge is 0.252 e. The van der Waals surface area contributed by atoms with Crippen molar-refractivity contribution in [1.29, 1.82) is 0 Å². The Kier molecular flexibility index (Phi) is 5.30. The fourth-order valence-corrected chi connectivity index (χ4v) is 4.17. The van der Waals surface area contributed by atoms with Gasteiger partial charge in [-0.2, -0.15) is 9.71 Å². The quantitative estimate of drug-likeness (QED) is 0.725. The first kappa shape index (κ1) is 19.1. The van der Waals surface area contributed by atoms with E-state index in [1.807, 2.05) is 0 Å². The zero-order valence-electron chi connectivity index (χ0n) is 14.9. The molecule has 1 aliphatic carbocycles. The molecule has 27 heavy (non-hydrogen) atoms. The molecule has 1 amide bonds. The van der Waals surface area contributed by atoms with Gasteiger partial charge in [-0.3, -0.25) is 4.79 Å². The summed E-state index contributed by atoms with van der Waals surface area (Å²) in [6.07, 6.45) is 8.34. The van der Waals surface area contributed by atoms with Crippen LogP contribution in [0.4, 0.5) is 0 Å². The molecule has 9 heteroatoms. The third-order valence-corrected chi connectivity index (χ3v) is 5.94. The summed E-state index contributed by atoms with van der Waals surface area (Å²) < 4.78 is 31.8. The highest BCUT2D eigenvalue weighted by atomic mass is 32.2. The number of amides is 1. The van der Waals surface area contributed by atoms with Crippen molar-refractivity contribution in [2.24, 2.45) is 0 Å². The third-order valence-electron chi connectivity index (χ3n) is 4.54. The number of hydrogen-bond donors (Lipinski definition) is 2. The summed E-state index contributed by atoms with van der Waals surface area (Å²) in [5.74, 6) is 2.70. The highest BCUT2D eigenvalue weighted by Gasteiger charge is 2.41. The first-order valence-electron chi connectivity index (χ1n) is 8.53. The minimum atomic E-state index is -3.78. The Morgan fingerprint density at radius 2 is 2.11 bits per heavy atom. The van der Waals surface area contributed by atoms with Gasteiger partial charge in [0, 0.05) is 12.5 Å². The number of terminal acetylenes is 1. The summed E-state index contributed by atoms with van der Waals surface area (Å²) in [4.78, 5) is 17.1. The lowest BCUT2D eigenvalue weighted by atomic mass is 9.96. The van der Waals surface area contributed by atoms with Crippen LogP contribution in [0, 0.1) is 19.3 Å². The molecule has 1 aliphatic rings. The standard InChI is InChI=1S/C18H20N4O4S/c1-3-11-19-27(24,25)15-8-6-7-14(12-15)16(23)21-18(9-4-5-10-18)17-20-13(2)26-22-17/h1,6-8,12,19H,4-5,9-11H2,2H3,(H,21,23). The molecule has 0 radical (unpaired) electrons. The predicted octanol–water partition coefficient (Wildman–Crippen LogP) is 1.49. The molecule has 1 saturated carbocycles. The lowest BCUT2D eigenvalue weighted by Crippen LogP contribution is -2.44. The van der Waals surface area contributed by atoms with Gasteiger partial charge in [-0.1, -0.05) is 30.0 Å². The Bertz CT molecular complexity index is 985. The van der Waals surface area contributed by atoms with E-state index < -0.39 is 21.5 Å². The van der Waals surface area contributed by atoms with E-state index in [1.54, 1.807) is 13.0 Å². The Hall–Kier alpha value is -2.70. The van der Waals surface area contributed by atoms with Crippen LogP contribution in [0.25, 0.3) is 0 Å². The molecule has 0 unspecified atom stereocenters. The van der Waals surface area contributed by atoms with Crippen molar-refractivity contribution in [1.82, 2.24) is 20.2 Å². The number of sulfonamides is 1. The predicted molar refractivity (Wildman–Crippen MR) is 97.1 cm³/mol. The molecular weight excluding hydrogens is 368 g/mol. The van der Waals surface area contributed by atoms with Crippen LogP contribution >= 0.6 is 0 Å². The molecule has 1 aromatic heterocycles. The molecule has 1 fully saturated rings. The number of carbonyl (C=O) groups is 1. The molecule has 2 aromatic rings. The van der Waals surface area contributed by atoms with Gasteiger partial charge < -0.3 is 9.84 Å². The maximum absolute atomic E-state index is 12.8. The lowest BCUT2D eigenvalue weighted by molar-refractivity contribution is 0.0891. The van der Waals surface area contributed by atoms with E-state index in [9.17, 15) is 13.2 Å². The summed E-state index contributed by atoms with van der Waals surface area (Å²) in [6.45, 7) is 1.57. The molecule has 2 N–H and O–H groups in total. The second-order valence-electron chi connectivity index (χ2n) is 6.44. The van der Waals surface area contributed by atoms with Gasteiger partial charge >= 0.3 is 0 Å². The summed E-state index contributed by atoms with van der Waals surface area (Å²) in [5.41, 5.74) is -0.476. The van der Waals surface area contributed by atoms with Crippen molar-refractivity contribution < 1.29 is 17.7 Å². The Morgan fingerprint density at radius 3 is 2.74 bits per heavy atom. The first-order chi connectivity index (χ1) is 12.9.